The first-order valence-electron chi connectivity index (χ1n) is 9.79. The lowest BCUT2D eigenvalue weighted by atomic mass is 10.00. The van der Waals surface area contributed by atoms with Gasteiger partial charge in [0.25, 0.3) is 5.89 Å². The number of ether oxygens (including phenoxy) is 1. The number of nitrogens with one attached hydrogen (secondary N) is 1. The third kappa shape index (κ3) is 4.02. The molecule has 0 spiro atoms. The van der Waals surface area contributed by atoms with Gasteiger partial charge in [-0.15, -0.1) is 0 Å². The smallest absolute Gasteiger partial charge is 0.408 e. The zero-order valence-electron chi connectivity index (χ0n) is 16.4. The Bertz CT molecular complexity index is 1270. The molecule has 1 aliphatic rings. The van der Waals surface area contributed by atoms with E-state index >= 15 is 0 Å². The molecule has 0 saturated carbocycles. The highest BCUT2D eigenvalue weighted by molar-refractivity contribution is 5.71. The number of rotatable bonds is 3. The fourth-order valence-electron chi connectivity index (χ4n) is 3.40. The molecule has 0 unspecified atom stereocenters. The van der Waals surface area contributed by atoms with Crippen LogP contribution in [0.3, 0.4) is 0 Å². The van der Waals surface area contributed by atoms with Crippen LogP contribution in [0.4, 0.5) is 4.79 Å². The number of alkyl carbamates (subject to hydrolysis) is 1. The van der Waals surface area contributed by atoms with E-state index in [0.717, 1.165) is 22.3 Å². The van der Waals surface area contributed by atoms with E-state index in [2.05, 4.69) is 27.3 Å². The van der Waals surface area contributed by atoms with Crippen LogP contribution in [0, 0.1) is 11.8 Å². The van der Waals surface area contributed by atoms with E-state index in [1.807, 2.05) is 84.9 Å². The number of benzene rings is 3. The number of carbonyl (C=O) groups is 1. The van der Waals surface area contributed by atoms with Crippen LogP contribution in [-0.4, -0.2) is 16.2 Å². The molecule has 2 heterocycles. The molecule has 3 aromatic carbocycles. The molecule has 1 N–H and O–H groups in total. The summed E-state index contributed by atoms with van der Waals surface area (Å²) in [6, 6.07) is 26.4. The van der Waals surface area contributed by atoms with Crippen molar-refractivity contribution in [2.24, 2.45) is 0 Å². The third-order valence-electron chi connectivity index (χ3n) is 4.90. The van der Waals surface area contributed by atoms with E-state index in [-0.39, 0.29) is 5.89 Å². The summed E-state index contributed by atoms with van der Waals surface area (Å²) >= 11 is 0. The zero-order valence-corrected chi connectivity index (χ0v) is 16.4. The van der Waals surface area contributed by atoms with Crippen molar-refractivity contribution in [2.45, 2.75) is 12.1 Å². The standard InChI is InChI=1S/C25H17N3O3/c29-25-26-21(20-13-7-10-18(16-20)15-14-17-8-3-1-4-9-17)22(30-25)24-27-23(28-31-24)19-11-5-2-6-12-19/h1-13,16,21-22H,(H,26,29)/t21-,22+/m0/s1. The molecule has 5 rings (SSSR count). The maximum atomic E-state index is 12.0. The monoisotopic (exact) mass is 407 g/mol. The minimum Gasteiger partial charge on any atom is -0.433 e. The van der Waals surface area contributed by atoms with Crippen molar-refractivity contribution in [2.75, 3.05) is 0 Å². The Morgan fingerprint density at radius 3 is 2.35 bits per heavy atom. The summed E-state index contributed by atoms with van der Waals surface area (Å²) in [6.45, 7) is 0. The minimum atomic E-state index is -0.727. The number of carbonyl (C=O) groups excluding carboxylic acids is 1. The highest BCUT2D eigenvalue weighted by atomic mass is 16.6. The molecule has 1 saturated heterocycles. The van der Waals surface area contributed by atoms with Gasteiger partial charge in [-0.2, -0.15) is 4.98 Å². The predicted molar refractivity (Wildman–Crippen MR) is 114 cm³/mol. The average molecular weight is 407 g/mol. The van der Waals surface area contributed by atoms with Crippen LogP contribution < -0.4 is 5.32 Å². The second-order valence-electron chi connectivity index (χ2n) is 7.01. The van der Waals surface area contributed by atoms with Crippen LogP contribution in [0.25, 0.3) is 11.4 Å². The number of hydrogen-bond donors (Lipinski definition) is 1. The molecule has 1 aliphatic heterocycles. The zero-order chi connectivity index (χ0) is 21.0. The molecule has 31 heavy (non-hydrogen) atoms. The van der Waals surface area contributed by atoms with Gasteiger partial charge in [0.2, 0.25) is 11.9 Å². The van der Waals surface area contributed by atoms with Crippen LogP contribution in [0.15, 0.2) is 89.5 Å². The summed E-state index contributed by atoms with van der Waals surface area (Å²) in [5.41, 5.74) is 3.43. The molecule has 1 fully saturated rings. The Balaban J connectivity index is 1.43. The molecule has 6 nitrogen and oxygen atoms in total. The van der Waals surface area contributed by atoms with E-state index < -0.39 is 18.2 Å². The maximum Gasteiger partial charge on any atom is 0.408 e. The van der Waals surface area contributed by atoms with Gasteiger partial charge in [-0.1, -0.05) is 77.7 Å². The Labute approximate surface area is 178 Å². The molecule has 1 aromatic heterocycles. The molecule has 0 bridgehead atoms. The molecular weight excluding hydrogens is 390 g/mol. The second-order valence-corrected chi connectivity index (χ2v) is 7.01. The Kier molecular flexibility index (Phi) is 4.91. The molecular formula is C25H17N3O3. The van der Waals surface area contributed by atoms with Crippen molar-refractivity contribution in [1.29, 1.82) is 0 Å². The quantitative estimate of drug-likeness (QED) is 0.500. The molecule has 2 atom stereocenters. The van der Waals surface area contributed by atoms with Gasteiger partial charge in [-0.05, 0) is 29.8 Å². The Hall–Kier alpha value is -4.37. The van der Waals surface area contributed by atoms with Gasteiger partial charge in [0, 0.05) is 16.7 Å². The summed E-state index contributed by atoms with van der Waals surface area (Å²) in [5.74, 6) is 6.99. The van der Waals surface area contributed by atoms with Crippen molar-refractivity contribution < 1.29 is 14.1 Å². The lowest BCUT2D eigenvalue weighted by Crippen LogP contribution is -2.19. The Morgan fingerprint density at radius 2 is 1.55 bits per heavy atom. The number of aromatic nitrogens is 2. The minimum absolute atomic E-state index is 0.239. The molecule has 4 aromatic rings. The number of amides is 1. The molecule has 0 aliphatic carbocycles. The van der Waals surface area contributed by atoms with Crippen LogP contribution in [-0.2, 0) is 4.74 Å². The van der Waals surface area contributed by atoms with E-state index in [1.165, 1.54) is 0 Å². The SMILES string of the molecule is O=C1N[C@@H](c2cccc(C#Cc3ccccc3)c2)[C@H](c2nc(-c3ccccc3)no2)O1. The van der Waals surface area contributed by atoms with Gasteiger partial charge >= 0.3 is 6.09 Å². The molecule has 6 heteroatoms. The first-order chi connectivity index (χ1) is 15.3. The lowest BCUT2D eigenvalue weighted by Gasteiger charge is -2.14. The first-order valence-corrected chi connectivity index (χ1v) is 9.79. The van der Waals surface area contributed by atoms with Crippen molar-refractivity contribution in [3.63, 3.8) is 0 Å². The number of cyclic esters (lactones) is 1. The van der Waals surface area contributed by atoms with Crippen LogP contribution in [0.2, 0.25) is 0 Å². The van der Waals surface area contributed by atoms with Gasteiger partial charge in [-0.25, -0.2) is 4.79 Å². The lowest BCUT2D eigenvalue weighted by molar-refractivity contribution is 0.108. The Morgan fingerprint density at radius 1 is 0.839 bits per heavy atom. The predicted octanol–water partition coefficient (Wildman–Crippen LogP) is 4.66. The normalized spacial score (nSPS) is 17.4. The van der Waals surface area contributed by atoms with Crippen LogP contribution >= 0.6 is 0 Å². The third-order valence-corrected chi connectivity index (χ3v) is 4.90. The van der Waals surface area contributed by atoms with Crippen molar-refractivity contribution in [3.05, 3.63) is 108 Å². The van der Waals surface area contributed by atoms with Crippen LogP contribution in [0.5, 0.6) is 0 Å². The summed E-state index contributed by atoms with van der Waals surface area (Å²) in [5, 5.41) is 6.87. The number of nitrogens with zero attached hydrogens (tertiary/aromatic N) is 2. The van der Waals surface area contributed by atoms with Gasteiger partial charge < -0.3 is 14.6 Å². The van der Waals surface area contributed by atoms with Gasteiger partial charge in [0.15, 0.2) is 0 Å². The molecule has 1 amide bonds. The molecule has 0 radical (unpaired) electrons. The maximum absolute atomic E-state index is 12.0. The van der Waals surface area contributed by atoms with E-state index in [4.69, 9.17) is 9.26 Å². The first kappa shape index (κ1) is 18.6. The topological polar surface area (TPSA) is 77.3 Å². The number of hydrogen-bond acceptors (Lipinski definition) is 5. The van der Waals surface area contributed by atoms with Crippen molar-refractivity contribution >= 4 is 6.09 Å². The van der Waals surface area contributed by atoms with E-state index in [1.54, 1.807) is 0 Å². The van der Waals surface area contributed by atoms with Gasteiger partial charge in [0.05, 0.1) is 0 Å². The highest BCUT2D eigenvalue weighted by Gasteiger charge is 2.40. The van der Waals surface area contributed by atoms with Crippen LogP contribution in [0.1, 0.15) is 34.7 Å². The molecule has 150 valence electrons. The van der Waals surface area contributed by atoms with E-state index in [9.17, 15) is 4.79 Å². The van der Waals surface area contributed by atoms with Gasteiger partial charge in [0.1, 0.15) is 6.04 Å². The van der Waals surface area contributed by atoms with Crippen molar-refractivity contribution in [3.8, 4) is 23.2 Å². The summed E-state index contributed by atoms with van der Waals surface area (Å²) in [7, 11) is 0. The average Bonchev–Trinajstić information content (AvgIpc) is 3.46. The van der Waals surface area contributed by atoms with Gasteiger partial charge in [-0.3, -0.25) is 0 Å². The van der Waals surface area contributed by atoms with Crippen molar-refractivity contribution in [1.82, 2.24) is 15.5 Å². The summed E-state index contributed by atoms with van der Waals surface area (Å²) < 4.78 is 10.9. The summed E-state index contributed by atoms with van der Waals surface area (Å²) in [6.07, 6.45) is -1.26. The highest BCUT2D eigenvalue weighted by Crippen LogP contribution is 2.36. The second kappa shape index (κ2) is 8.17. The fourth-order valence-corrected chi connectivity index (χ4v) is 3.40. The van der Waals surface area contributed by atoms with E-state index in [0.29, 0.717) is 5.82 Å². The fraction of sp³-hybridized carbons (Fsp3) is 0.0800. The summed E-state index contributed by atoms with van der Waals surface area (Å²) in [4.78, 5) is 16.5. The largest absolute Gasteiger partial charge is 0.433 e.